The van der Waals surface area contributed by atoms with Gasteiger partial charge in [-0.25, -0.2) is 15.0 Å². The molecule has 224 valence electrons. The molecule has 1 aromatic heterocycles. The molecule has 0 amide bonds. The Labute approximate surface area is 278 Å². The normalized spacial score (nSPS) is 11.3. The van der Waals surface area contributed by atoms with Crippen LogP contribution in [-0.2, 0) is 0 Å². The number of rotatable bonds is 5. The Morgan fingerprint density at radius 2 is 0.771 bits per heavy atom. The summed E-state index contributed by atoms with van der Waals surface area (Å²) >= 11 is 0. The van der Waals surface area contributed by atoms with Gasteiger partial charge in [0.1, 0.15) is 0 Å². The van der Waals surface area contributed by atoms with Crippen LogP contribution in [0.25, 0.3) is 88.7 Å². The number of hydrogen-bond donors (Lipinski definition) is 0. The van der Waals surface area contributed by atoms with Crippen molar-refractivity contribution in [1.82, 2.24) is 15.0 Å². The first kappa shape index (κ1) is 27.8. The van der Waals surface area contributed by atoms with Gasteiger partial charge in [-0.2, -0.15) is 0 Å². The third-order valence-corrected chi connectivity index (χ3v) is 9.11. The molecular weight excluding hydrogens is 583 g/mol. The van der Waals surface area contributed by atoms with E-state index in [0.717, 1.165) is 32.8 Å². The van der Waals surface area contributed by atoms with Crippen LogP contribution in [0.15, 0.2) is 176 Å². The Morgan fingerprint density at radius 1 is 0.250 bits per heavy atom. The van der Waals surface area contributed by atoms with Crippen molar-refractivity contribution in [3.8, 4) is 56.4 Å². The molecule has 1 heterocycles. The van der Waals surface area contributed by atoms with Crippen molar-refractivity contribution in [2.45, 2.75) is 0 Å². The fourth-order valence-electron chi connectivity index (χ4n) is 6.75. The maximum atomic E-state index is 5.15. The van der Waals surface area contributed by atoms with Crippen LogP contribution >= 0.6 is 0 Å². The molecule has 3 heteroatoms. The fraction of sp³-hybridized carbons (Fsp3) is 0. The van der Waals surface area contributed by atoms with Gasteiger partial charge in [0.05, 0.1) is 0 Å². The molecule has 0 unspecified atom stereocenters. The average Bonchev–Trinajstić information content (AvgIpc) is 3.17. The Hall–Kier alpha value is -6.45. The van der Waals surface area contributed by atoms with Gasteiger partial charge < -0.3 is 0 Å². The second kappa shape index (κ2) is 11.7. The minimum atomic E-state index is 0.646. The Morgan fingerprint density at radius 3 is 1.54 bits per heavy atom. The van der Waals surface area contributed by atoms with E-state index in [1.165, 1.54) is 38.4 Å². The van der Waals surface area contributed by atoms with Crippen molar-refractivity contribution in [1.29, 1.82) is 0 Å². The van der Waals surface area contributed by atoms with E-state index < -0.39 is 0 Å². The highest BCUT2D eigenvalue weighted by Gasteiger charge is 2.16. The largest absolute Gasteiger partial charge is 0.208 e. The molecule has 9 rings (SSSR count). The molecule has 8 aromatic carbocycles. The van der Waals surface area contributed by atoms with E-state index in [9.17, 15) is 0 Å². The first-order chi connectivity index (χ1) is 23.8. The van der Waals surface area contributed by atoms with Crippen molar-refractivity contribution in [2.75, 3.05) is 0 Å². The second-order valence-corrected chi connectivity index (χ2v) is 12.0. The maximum Gasteiger partial charge on any atom is 0.164 e. The number of nitrogens with zero attached hydrogens (tertiary/aromatic N) is 3. The van der Waals surface area contributed by atoms with Crippen molar-refractivity contribution in [3.63, 3.8) is 0 Å². The third-order valence-electron chi connectivity index (χ3n) is 9.11. The van der Waals surface area contributed by atoms with E-state index in [-0.39, 0.29) is 0 Å². The van der Waals surface area contributed by atoms with Gasteiger partial charge in [0.2, 0.25) is 0 Å². The lowest BCUT2D eigenvalue weighted by atomic mass is 9.95. The van der Waals surface area contributed by atoms with E-state index in [0.29, 0.717) is 17.5 Å². The minimum Gasteiger partial charge on any atom is -0.208 e. The monoisotopic (exact) mass is 611 g/mol. The van der Waals surface area contributed by atoms with Crippen molar-refractivity contribution in [2.24, 2.45) is 0 Å². The highest BCUT2D eigenvalue weighted by Crippen LogP contribution is 2.36. The van der Waals surface area contributed by atoms with Crippen LogP contribution in [0.2, 0.25) is 0 Å². The average molecular weight is 612 g/mol. The van der Waals surface area contributed by atoms with E-state index in [1.807, 2.05) is 18.2 Å². The van der Waals surface area contributed by atoms with Crippen LogP contribution < -0.4 is 0 Å². The summed E-state index contributed by atoms with van der Waals surface area (Å²) in [5.74, 6) is 1.95. The summed E-state index contributed by atoms with van der Waals surface area (Å²) in [5.41, 5.74) is 7.65. The number of benzene rings is 8. The highest BCUT2D eigenvalue weighted by atomic mass is 15.0. The molecule has 0 bridgehead atoms. The van der Waals surface area contributed by atoms with Crippen LogP contribution in [-0.4, -0.2) is 15.0 Å². The molecule has 0 fully saturated rings. The highest BCUT2D eigenvalue weighted by molar-refractivity contribution is 6.04. The van der Waals surface area contributed by atoms with Gasteiger partial charge in [-0.15, -0.1) is 0 Å². The summed E-state index contributed by atoms with van der Waals surface area (Å²) in [6.45, 7) is 0. The Balaban J connectivity index is 1.20. The van der Waals surface area contributed by atoms with Crippen LogP contribution in [0.5, 0.6) is 0 Å². The number of hydrogen-bond acceptors (Lipinski definition) is 3. The van der Waals surface area contributed by atoms with Crippen molar-refractivity contribution < 1.29 is 0 Å². The lowest BCUT2D eigenvalue weighted by Gasteiger charge is -2.13. The van der Waals surface area contributed by atoms with Crippen LogP contribution in [0, 0.1) is 0 Å². The lowest BCUT2D eigenvalue weighted by Crippen LogP contribution is -2.00. The van der Waals surface area contributed by atoms with Crippen LogP contribution in [0.4, 0.5) is 0 Å². The first-order valence-electron chi connectivity index (χ1n) is 16.2. The van der Waals surface area contributed by atoms with Gasteiger partial charge in [0, 0.05) is 16.7 Å². The maximum absolute atomic E-state index is 5.15. The fourth-order valence-corrected chi connectivity index (χ4v) is 6.75. The molecule has 48 heavy (non-hydrogen) atoms. The summed E-state index contributed by atoms with van der Waals surface area (Å²) in [6.07, 6.45) is 0. The summed E-state index contributed by atoms with van der Waals surface area (Å²) < 4.78 is 0. The summed E-state index contributed by atoms with van der Waals surface area (Å²) in [6, 6.07) is 61.7. The first-order valence-corrected chi connectivity index (χ1v) is 16.2. The Bertz CT molecular complexity index is 2610. The smallest absolute Gasteiger partial charge is 0.164 e. The molecule has 0 aliphatic rings. The van der Waals surface area contributed by atoms with E-state index >= 15 is 0 Å². The number of aromatic nitrogens is 3. The van der Waals surface area contributed by atoms with Crippen molar-refractivity contribution >= 4 is 32.3 Å². The van der Waals surface area contributed by atoms with Gasteiger partial charge in [-0.05, 0) is 66.7 Å². The molecular formula is C45H29N3. The zero-order chi connectivity index (χ0) is 31.9. The van der Waals surface area contributed by atoms with Crippen LogP contribution in [0.1, 0.15) is 0 Å². The van der Waals surface area contributed by atoms with E-state index in [4.69, 9.17) is 15.0 Å². The van der Waals surface area contributed by atoms with Crippen LogP contribution in [0.3, 0.4) is 0 Å². The molecule has 0 radical (unpaired) electrons. The predicted octanol–water partition coefficient (Wildman–Crippen LogP) is 11.7. The molecule has 0 N–H and O–H groups in total. The summed E-state index contributed by atoms with van der Waals surface area (Å²) in [4.78, 5) is 15.3. The van der Waals surface area contributed by atoms with Gasteiger partial charge >= 0.3 is 0 Å². The zero-order valence-electron chi connectivity index (χ0n) is 26.1. The second-order valence-electron chi connectivity index (χ2n) is 12.0. The molecule has 0 aliphatic carbocycles. The molecule has 0 spiro atoms. The molecule has 0 aliphatic heterocycles. The van der Waals surface area contributed by atoms with Gasteiger partial charge in [-0.3, -0.25) is 0 Å². The Kier molecular flexibility index (Phi) is 6.80. The minimum absolute atomic E-state index is 0.646. The molecule has 0 saturated heterocycles. The number of fused-ring (bicyclic) bond motifs is 3. The van der Waals surface area contributed by atoms with E-state index in [1.54, 1.807) is 0 Å². The van der Waals surface area contributed by atoms with Gasteiger partial charge in [0.15, 0.2) is 17.5 Å². The molecule has 0 saturated carbocycles. The van der Waals surface area contributed by atoms with Gasteiger partial charge in [0.25, 0.3) is 0 Å². The summed E-state index contributed by atoms with van der Waals surface area (Å²) in [5, 5.41) is 7.07. The van der Waals surface area contributed by atoms with Gasteiger partial charge in [-0.1, -0.05) is 164 Å². The predicted molar refractivity (Wildman–Crippen MR) is 200 cm³/mol. The summed E-state index contributed by atoms with van der Waals surface area (Å²) in [7, 11) is 0. The molecule has 0 atom stereocenters. The topological polar surface area (TPSA) is 38.7 Å². The third kappa shape index (κ3) is 4.99. The molecule has 9 aromatic rings. The standard InChI is InChI=1S/C45H29N3/c1-3-13-31(14-4-1)37-20-10-22-41-40(37)21-11-23-42(41)45-47-43(32-15-5-2-6-16-32)46-44(48-45)36-26-27-39-34(29-36)18-9-19-38(39)35-25-24-30-12-7-8-17-33(30)28-35/h1-29H. The SMILES string of the molecule is c1ccc(-c2nc(-c3ccc4c(-c5ccc6ccccc6c5)cccc4c3)nc(-c3cccc4c(-c5ccccc5)cccc34)n2)cc1. The zero-order valence-corrected chi connectivity index (χ0v) is 26.1. The quantitative estimate of drug-likeness (QED) is 0.194. The lowest BCUT2D eigenvalue weighted by molar-refractivity contribution is 1.08. The van der Waals surface area contributed by atoms with Crippen molar-refractivity contribution in [3.05, 3.63) is 176 Å². The molecule has 3 nitrogen and oxygen atoms in total. The van der Waals surface area contributed by atoms with E-state index in [2.05, 4.69) is 158 Å².